The van der Waals surface area contributed by atoms with E-state index < -0.39 is 0 Å². The normalized spacial score (nSPS) is 14.6. The van der Waals surface area contributed by atoms with Crippen LogP contribution in [0, 0.1) is 0 Å². The van der Waals surface area contributed by atoms with E-state index in [1.54, 1.807) is 7.11 Å². The molecule has 4 nitrogen and oxygen atoms in total. The minimum Gasteiger partial charge on any atom is -0.382 e. The summed E-state index contributed by atoms with van der Waals surface area (Å²) in [5.74, 6) is 0. The summed E-state index contributed by atoms with van der Waals surface area (Å²) in [6.45, 7) is 7.23. The summed E-state index contributed by atoms with van der Waals surface area (Å²) in [4.78, 5) is 0. The Balaban J connectivity index is 2.81. The van der Waals surface area contributed by atoms with Crippen molar-refractivity contribution in [3.05, 3.63) is 16.4 Å². The lowest BCUT2D eigenvalue weighted by Gasteiger charge is -2.21. The van der Waals surface area contributed by atoms with Crippen LogP contribution in [-0.2, 0) is 24.6 Å². The van der Waals surface area contributed by atoms with Crippen LogP contribution in [0.5, 0.6) is 0 Å². The molecule has 0 aliphatic rings. The number of nitrogens with zero attached hydrogens (tertiary/aromatic N) is 2. The zero-order valence-corrected chi connectivity index (χ0v) is 13.4. The van der Waals surface area contributed by atoms with E-state index in [1.807, 2.05) is 11.7 Å². The van der Waals surface area contributed by atoms with Gasteiger partial charge in [0, 0.05) is 26.6 Å². The predicted octanol–water partition coefficient (Wildman–Crippen LogP) is 2.58. The van der Waals surface area contributed by atoms with E-state index in [9.17, 15) is 0 Å². The topological polar surface area (TPSA) is 39.1 Å². The summed E-state index contributed by atoms with van der Waals surface area (Å²) in [6.07, 6.45) is 2.95. The molecule has 110 valence electrons. The number of aryl methyl sites for hydroxylation is 2. The fourth-order valence-electron chi connectivity index (χ4n) is 2.30. The van der Waals surface area contributed by atoms with Crippen molar-refractivity contribution in [2.75, 3.05) is 13.7 Å². The second-order valence-electron chi connectivity index (χ2n) is 4.93. The van der Waals surface area contributed by atoms with Crippen LogP contribution >= 0.6 is 11.6 Å². The molecule has 0 bridgehead atoms. The largest absolute Gasteiger partial charge is 0.382 e. The molecule has 0 aliphatic heterocycles. The Morgan fingerprint density at radius 1 is 1.42 bits per heavy atom. The first-order valence-corrected chi connectivity index (χ1v) is 7.37. The molecule has 0 radical (unpaired) electrons. The maximum absolute atomic E-state index is 6.40. The van der Waals surface area contributed by atoms with Crippen LogP contribution in [0.2, 0.25) is 5.02 Å². The van der Waals surface area contributed by atoms with Gasteiger partial charge in [-0.15, -0.1) is 0 Å². The van der Waals surface area contributed by atoms with Gasteiger partial charge in [0.05, 0.1) is 22.5 Å². The zero-order chi connectivity index (χ0) is 14.4. The minimum atomic E-state index is 0.238. The highest BCUT2D eigenvalue weighted by Crippen LogP contribution is 2.23. The van der Waals surface area contributed by atoms with E-state index in [0.717, 1.165) is 42.2 Å². The number of methoxy groups -OCH3 is 1. The molecule has 2 atom stereocenters. The summed E-state index contributed by atoms with van der Waals surface area (Å²) in [5, 5.41) is 8.78. The third kappa shape index (κ3) is 4.48. The standard InChI is InChI=1S/C14H26ClN3O/c1-6-12-14(15)13(18(4)17-12)9-11(16-7-2)8-10(3)19-5/h10-11,16H,6-9H2,1-5H3. The summed E-state index contributed by atoms with van der Waals surface area (Å²) >= 11 is 6.40. The highest BCUT2D eigenvalue weighted by atomic mass is 35.5. The maximum Gasteiger partial charge on any atom is 0.0850 e. The van der Waals surface area contributed by atoms with E-state index in [-0.39, 0.29) is 6.10 Å². The molecule has 1 N–H and O–H groups in total. The molecule has 19 heavy (non-hydrogen) atoms. The number of nitrogens with one attached hydrogen (secondary N) is 1. The number of ether oxygens (including phenoxy) is 1. The monoisotopic (exact) mass is 287 g/mol. The molecule has 0 aliphatic carbocycles. The van der Waals surface area contributed by atoms with Crippen LogP contribution in [0.15, 0.2) is 0 Å². The van der Waals surface area contributed by atoms with Crippen molar-refractivity contribution in [2.24, 2.45) is 7.05 Å². The lowest BCUT2D eigenvalue weighted by molar-refractivity contribution is 0.100. The molecule has 1 aromatic heterocycles. The van der Waals surface area contributed by atoms with Crippen LogP contribution in [0.1, 0.15) is 38.6 Å². The van der Waals surface area contributed by atoms with Crippen molar-refractivity contribution in [3.63, 3.8) is 0 Å². The number of rotatable bonds is 8. The SMILES string of the molecule is CCNC(Cc1c(Cl)c(CC)nn1C)CC(C)OC. The molecular formula is C14H26ClN3O. The minimum absolute atomic E-state index is 0.238. The Morgan fingerprint density at radius 2 is 2.11 bits per heavy atom. The highest BCUT2D eigenvalue weighted by molar-refractivity contribution is 6.31. The fourth-order valence-corrected chi connectivity index (χ4v) is 2.67. The van der Waals surface area contributed by atoms with Crippen molar-refractivity contribution in [1.82, 2.24) is 15.1 Å². The smallest absolute Gasteiger partial charge is 0.0850 e. The third-order valence-corrected chi connectivity index (χ3v) is 3.89. The summed E-state index contributed by atoms with van der Waals surface area (Å²) < 4.78 is 7.26. The number of hydrogen-bond donors (Lipinski definition) is 1. The van der Waals surface area contributed by atoms with E-state index in [1.165, 1.54) is 0 Å². The van der Waals surface area contributed by atoms with Crippen LogP contribution < -0.4 is 5.32 Å². The van der Waals surface area contributed by atoms with Gasteiger partial charge in [-0.2, -0.15) is 5.10 Å². The predicted molar refractivity (Wildman–Crippen MR) is 79.9 cm³/mol. The van der Waals surface area contributed by atoms with Gasteiger partial charge < -0.3 is 10.1 Å². The first-order chi connectivity index (χ1) is 9.03. The van der Waals surface area contributed by atoms with Crippen molar-refractivity contribution >= 4 is 11.6 Å². The molecule has 1 aromatic rings. The van der Waals surface area contributed by atoms with Gasteiger partial charge in [0.2, 0.25) is 0 Å². The van der Waals surface area contributed by atoms with Gasteiger partial charge in [0.25, 0.3) is 0 Å². The first-order valence-electron chi connectivity index (χ1n) is 6.99. The lowest BCUT2D eigenvalue weighted by Crippen LogP contribution is -2.35. The van der Waals surface area contributed by atoms with Crippen LogP contribution in [0.3, 0.4) is 0 Å². The van der Waals surface area contributed by atoms with E-state index in [0.29, 0.717) is 6.04 Å². The summed E-state index contributed by atoms with van der Waals surface area (Å²) in [5.41, 5.74) is 2.09. The summed E-state index contributed by atoms with van der Waals surface area (Å²) in [6, 6.07) is 0.359. The van der Waals surface area contributed by atoms with Crippen molar-refractivity contribution in [1.29, 1.82) is 0 Å². The quantitative estimate of drug-likeness (QED) is 0.799. The molecule has 0 fully saturated rings. The summed E-state index contributed by atoms with van der Waals surface area (Å²) in [7, 11) is 3.71. The van der Waals surface area contributed by atoms with Gasteiger partial charge in [-0.05, 0) is 26.3 Å². The molecule has 1 rings (SSSR count). The molecule has 0 saturated heterocycles. The molecule has 0 spiro atoms. The number of likely N-dealkylation sites (N-methyl/N-ethyl adjacent to an activating group) is 1. The van der Waals surface area contributed by atoms with Gasteiger partial charge >= 0.3 is 0 Å². The Morgan fingerprint density at radius 3 is 2.58 bits per heavy atom. The number of halogens is 1. The molecule has 0 saturated carbocycles. The molecule has 0 amide bonds. The Kier molecular flexibility index (Phi) is 6.83. The molecule has 2 unspecified atom stereocenters. The number of hydrogen-bond acceptors (Lipinski definition) is 3. The first kappa shape index (κ1) is 16.5. The maximum atomic E-state index is 6.40. The van der Waals surface area contributed by atoms with Crippen LogP contribution in [-0.4, -0.2) is 35.6 Å². The molecule has 1 heterocycles. The van der Waals surface area contributed by atoms with Gasteiger partial charge in [0.1, 0.15) is 0 Å². The molecule has 0 aromatic carbocycles. The lowest BCUT2D eigenvalue weighted by atomic mass is 10.0. The average molecular weight is 288 g/mol. The van der Waals surface area contributed by atoms with Gasteiger partial charge in [0.15, 0.2) is 0 Å². The Hall–Kier alpha value is -0.580. The van der Waals surface area contributed by atoms with E-state index in [4.69, 9.17) is 16.3 Å². The Labute approximate surface area is 121 Å². The van der Waals surface area contributed by atoms with Crippen molar-refractivity contribution < 1.29 is 4.74 Å². The second kappa shape index (κ2) is 7.88. The second-order valence-corrected chi connectivity index (χ2v) is 5.30. The Bertz CT molecular complexity index is 392. The fraction of sp³-hybridized carbons (Fsp3) is 0.786. The van der Waals surface area contributed by atoms with Crippen LogP contribution in [0.25, 0.3) is 0 Å². The molecule has 5 heteroatoms. The van der Waals surface area contributed by atoms with Gasteiger partial charge in [-0.3, -0.25) is 4.68 Å². The zero-order valence-electron chi connectivity index (χ0n) is 12.7. The average Bonchev–Trinajstić information content (AvgIpc) is 2.66. The van der Waals surface area contributed by atoms with Crippen molar-refractivity contribution in [2.45, 2.75) is 52.2 Å². The van der Waals surface area contributed by atoms with E-state index >= 15 is 0 Å². The van der Waals surface area contributed by atoms with Gasteiger partial charge in [-0.1, -0.05) is 25.4 Å². The highest BCUT2D eigenvalue weighted by Gasteiger charge is 2.19. The van der Waals surface area contributed by atoms with Crippen LogP contribution in [0.4, 0.5) is 0 Å². The third-order valence-electron chi connectivity index (χ3n) is 3.45. The van der Waals surface area contributed by atoms with Gasteiger partial charge in [-0.25, -0.2) is 0 Å². The van der Waals surface area contributed by atoms with Crippen molar-refractivity contribution in [3.8, 4) is 0 Å². The number of aromatic nitrogens is 2. The van der Waals surface area contributed by atoms with E-state index in [2.05, 4.69) is 31.2 Å². The molecular weight excluding hydrogens is 262 g/mol.